The Hall–Kier alpha value is -1.07. The highest BCUT2D eigenvalue weighted by atomic mass is 32.2. The van der Waals surface area contributed by atoms with Crippen LogP contribution in [-0.2, 0) is 16.4 Å². The second kappa shape index (κ2) is 6.36. The van der Waals surface area contributed by atoms with E-state index in [9.17, 15) is 13.5 Å². The van der Waals surface area contributed by atoms with Gasteiger partial charge in [0.25, 0.3) is 0 Å². The second-order valence-electron chi connectivity index (χ2n) is 6.07. The maximum Gasteiger partial charge on any atom is 0.150 e. The van der Waals surface area contributed by atoms with Gasteiger partial charge in [-0.1, -0.05) is 12.1 Å². The van der Waals surface area contributed by atoms with Crippen LogP contribution in [-0.4, -0.2) is 31.1 Å². The number of hydrogen-bond donors (Lipinski definition) is 1. The lowest BCUT2D eigenvalue weighted by atomic mass is 9.96. The maximum absolute atomic E-state index is 11.7. The van der Waals surface area contributed by atoms with Crippen LogP contribution in [0.4, 0.5) is 0 Å². The van der Waals surface area contributed by atoms with Gasteiger partial charge in [-0.25, -0.2) is 8.42 Å². The van der Waals surface area contributed by atoms with Gasteiger partial charge in [0.15, 0.2) is 0 Å². The van der Waals surface area contributed by atoms with Gasteiger partial charge in [-0.3, -0.25) is 0 Å². The second-order valence-corrected chi connectivity index (χ2v) is 8.40. The summed E-state index contributed by atoms with van der Waals surface area (Å²) >= 11 is 0. The van der Waals surface area contributed by atoms with Crippen LogP contribution in [0.1, 0.15) is 42.4 Å². The SMILES string of the molecule is Cc1cc(CO)cc(C)c1OC1CCCC(S(C)(=O)=O)C1. The first-order chi connectivity index (χ1) is 9.81. The van der Waals surface area contributed by atoms with Gasteiger partial charge in [0.05, 0.1) is 18.0 Å². The predicted molar refractivity (Wildman–Crippen MR) is 83.4 cm³/mol. The average molecular weight is 312 g/mol. The fourth-order valence-electron chi connectivity index (χ4n) is 3.08. The van der Waals surface area contributed by atoms with E-state index in [1.807, 2.05) is 26.0 Å². The first-order valence-corrected chi connectivity index (χ1v) is 9.33. The molecular formula is C16H24O4S. The molecule has 0 saturated heterocycles. The van der Waals surface area contributed by atoms with Crippen LogP contribution < -0.4 is 4.74 Å². The third-order valence-corrected chi connectivity index (χ3v) is 5.81. The van der Waals surface area contributed by atoms with E-state index < -0.39 is 9.84 Å². The van der Waals surface area contributed by atoms with Crippen molar-refractivity contribution in [3.05, 3.63) is 28.8 Å². The lowest BCUT2D eigenvalue weighted by Crippen LogP contribution is -2.33. The van der Waals surface area contributed by atoms with Crippen molar-refractivity contribution in [3.8, 4) is 5.75 Å². The molecular weight excluding hydrogens is 288 g/mol. The fraction of sp³-hybridized carbons (Fsp3) is 0.625. The van der Waals surface area contributed by atoms with Crippen molar-refractivity contribution in [1.82, 2.24) is 0 Å². The van der Waals surface area contributed by atoms with E-state index in [-0.39, 0.29) is 18.0 Å². The third-order valence-electron chi connectivity index (χ3n) is 4.17. The summed E-state index contributed by atoms with van der Waals surface area (Å²) in [7, 11) is -3.00. The average Bonchev–Trinajstić information content (AvgIpc) is 2.42. The highest BCUT2D eigenvalue weighted by Gasteiger charge is 2.30. The van der Waals surface area contributed by atoms with Crippen molar-refractivity contribution >= 4 is 9.84 Å². The number of ether oxygens (including phenoxy) is 1. The number of aryl methyl sites for hydroxylation is 2. The molecule has 5 heteroatoms. The van der Waals surface area contributed by atoms with Crippen molar-refractivity contribution in [1.29, 1.82) is 0 Å². The molecule has 1 aromatic carbocycles. The van der Waals surface area contributed by atoms with Crippen molar-refractivity contribution in [3.63, 3.8) is 0 Å². The quantitative estimate of drug-likeness (QED) is 0.928. The molecule has 1 fully saturated rings. The fourth-order valence-corrected chi connectivity index (χ4v) is 4.24. The standard InChI is InChI=1S/C16H24O4S/c1-11-7-13(10-17)8-12(2)16(11)20-14-5-4-6-15(9-14)21(3,18)19/h7-8,14-15,17H,4-6,9-10H2,1-3H3. The van der Waals surface area contributed by atoms with Crippen molar-refractivity contribution in [2.45, 2.75) is 57.5 Å². The van der Waals surface area contributed by atoms with Gasteiger partial charge < -0.3 is 9.84 Å². The Kier molecular flexibility index (Phi) is 4.94. The van der Waals surface area contributed by atoms with E-state index in [2.05, 4.69) is 0 Å². The molecule has 1 aliphatic carbocycles. The summed E-state index contributed by atoms with van der Waals surface area (Å²) in [6.45, 7) is 3.93. The van der Waals surface area contributed by atoms with Crippen LogP contribution in [0.2, 0.25) is 0 Å². The summed E-state index contributed by atoms with van der Waals surface area (Å²) in [5, 5.41) is 8.93. The highest BCUT2D eigenvalue weighted by molar-refractivity contribution is 7.91. The molecule has 0 radical (unpaired) electrons. The summed E-state index contributed by atoms with van der Waals surface area (Å²) in [5.41, 5.74) is 2.84. The summed E-state index contributed by atoms with van der Waals surface area (Å²) in [4.78, 5) is 0. The minimum atomic E-state index is -3.00. The number of hydrogen-bond acceptors (Lipinski definition) is 4. The van der Waals surface area contributed by atoms with Crippen LogP contribution in [0.3, 0.4) is 0 Å². The molecule has 21 heavy (non-hydrogen) atoms. The Morgan fingerprint density at radius 1 is 1.24 bits per heavy atom. The number of sulfone groups is 1. The molecule has 4 nitrogen and oxygen atoms in total. The van der Waals surface area contributed by atoms with Crippen LogP contribution >= 0.6 is 0 Å². The first kappa shape index (κ1) is 16.3. The number of rotatable bonds is 4. The molecule has 1 N–H and O–H groups in total. The van der Waals surface area contributed by atoms with Crippen molar-refractivity contribution in [2.24, 2.45) is 0 Å². The van der Waals surface area contributed by atoms with Crippen LogP contribution in [0.25, 0.3) is 0 Å². The van der Waals surface area contributed by atoms with Gasteiger partial charge in [0.2, 0.25) is 0 Å². The predicted octanol–water partition coefficient (Wildman–Crippen LogP) is 2.53. The lowest BCUT2D eigenvalue weighted by molar-refractivity contribution is 0.154. The van der Waals surface area contributed by atoms with Crippen molar-refractivity contribution in [2.75, 3.05) is 6.26 Å². The van der Waals surface area contributed by atoms with E-state index in [1.165, 1.54) is 6.26 Å². The highest BCUT2D eigenvalue weighted by Crippen LogP contribution is 2.31. The molecule has 0 aromatic heterocycles. The van der Waals surface area contributed by atoms with E-state index >= 15 is 0 Å². The van der Waals surface area contributed by atoms with Gasteiger partial charge in [-0.15, -0.1) is 0 Å². The van der Waals surface area contributed by atoms with Gasteiger partial charge in [0.1, 0.15) is 15.6 Å². The Morgan fingerprint density at radius 3 is 2.38 bits per heavy atom. The summed E-state index contributed by atoms with van der Waals surface area (Å²) in [6.07, 6.45) is 4.35. The molecule has 0 aliphatic heterocycles. The molecule has 0 heterocycles. The van der Waals surface area contributed by atoms with Crippen LogP contribution in [0, 0.1) is 13.8 Å². The smallest absolute Gasteiger partial charge is 0.150 e. The summed E-state index contributed by atoms with van der Waals surface area (Å²) in [5.74, 6) is 0.825. The topological polar surface area (TPSA) is 63.6 Å². The van der Waals surface area contributed by atoms with Crippen LogP contribution in [0.5, 0.6) is 5.75 Å². The lowest BCUT2D eigenvalue weighted by Gasteiger charge is -2.29. The Bertz CT molecular complexity index is 584. The molecule has 1 aliphatic rings. The maximum atomic E-state index is 11.7. The largest absolute Gasteiger partial charge is 0.490 e. The minimum absolute atomic E-state index is 0.0154. The molecule has 2 unspecified atom stereocenters. The minimum Gasteiger partial charge on any atom is -0.490 e. The zero-order chi connectivity index (χ0) is 15.6. The zero-order valence-electron chi connectivity index (χ0n) is 12.9. The van der Waals surface area contributed by atoms with Crippen LogP contribution in [0.15, 0.2) is 12.1 Å². The van der Waals surface area contributed by atoms with E-state index in [4.69, 9.17) is 4.74 Å². The van der Waals surface area contributed by atoms with Gasteiger partial charge in [-0.05, 0) is 49.8 Å². The molecule has 1 aromatic rings. The number of aliphatic hydroxyl groups excluding tert-OH is 1. The molecule has 0 amide bonds. The summed E-state index contributed by atoms with van der Waals surface area (Å²) < 4.78 is 29.5. The summed E-state index contributed by atoms with van der Waals surface area (Å²) in [6, 6.07) is 3.83. The Labute approximate surface area is 127 Å². The van der Waals surface area contributed by atoms with Gasteiger partial charge in [-0.2, -0.15) is 0 Å². The van der Waals surface area contributed by atoms with E-state index in [0.717, 1.165) is 41.7 Å². The molecule has 0 bridgehead atoms. The first-order valence-electron chi connectivity index (χ1n) is 7.37. The normalized spacial score (nSPS) is 23.0. The van der Waals surface area contributed by atoms with E-state index in [0.29, 0.717) is 6.42 Å². The molecule has 2 atom stereocenters. The van der Waals surface area contributed by atoms with E-state index in [1.54, 1.807) is 0 Å². The van der Waals surface area contributed by atoms with Gasteiger partial charge >= 0.3 is 0 Å². The Morgan fingerprint density at radius 2 is 1.86 bits per heavy atom. The monoisotopic (exact) mass is 312 g/mol. The molecule has 0 spiro atoms. The number of benzene rings is 1. The zero-order valence-corrected chi connectivity index (χ0v) is 13.7. The number of aliphatic hydroxyl groups is 1. The Balaban J connectivity index is 2.15. The molecule has 1 saturated carbocycles. The van der Waals surface area contributed by atoms with Gasteiger partial charge in [0, 0.05) is 12.7 Å². The molecule has 2 rings (SSSR count). The molecule has 118 valence electrons. The van der Waals surface area contributed by atoms with Crippen molar-refractivity contribution < 1.29 is 18.3 Å². The third kappa shape index (κ3) is 3.98.